The first-order valence-corrected chi connectivity index (χ1v) is 6.65. The SMILES string of the molecule is CCN(Cc1ccccn1)C(=O)Cc1ccccc1O. The first kappa shape index (κ1) is 14.1. The predicted octanol–water partition coefficient (Wildman–Crippen LogP) is 2.38. The average molecular weight is 270 g/mol. The number of likely N-dealkylation sites (N-methyl/N-ethyl adjacent to an activating group) is 1. The van der Waals surface area contributed by atoms with E-state index in [0.29, 0.717) is 18.7 Å². The Kier molecular flexibility index (Phi) is 4.71. The molecule has 104 valence electrons. The van der Waals surface area contributed by atoms with Crippen LogP contribution in [0.5, 0.6) is 5.75 Å². The van der Waals surface area contributed by atoms with Crippen molar-refractivity contribution in [2.24, 2.45) is 0 Å². The van der Waals surface area contributed by atoms with Crippen LogP contribution in [0.15, 0.2) is 48.7 Å². The maximum Gasteiger partial charge on any atom is 0.227 e. The number of pyridine rings is 1. The lowest BCUT2D eigenvalue weighted by molar-refractivity contribution is -0.130. The summed E-state index contributed by atoms with van der Waals surface area (Å²) in [6.45, 7) is 3.04. The quantitative estimate of drug-likeness (QED) is 0.907. The molecule has 4 nitrogen and oxygen atoms in total. The molecule has 0 saturated heterocycles. The molecule has 0 fully saturated rings. The number of nitrogens with zero attached hydrogens (tertiary/aromatic N) is 2. The number of aromatic hydroxyl groups is 1. The summed E-state index contributed by atoms with van der Waals surface area (Å²) < 4.78 is 0. The van der Waals surface area contributed by atoms with Gasteiger partial charge >= 0.3 is 0 Å². The molecular weight excluding hydrogens is 252 g/mol. The summed E-state index contributed by atoms with van der Waals surface area (Å²) in [5.74, 6) is 0.148. The van der Waals surface area contributed by atoms with E-state index in [-0.39, 0.29) is 18.1 Å². The third-order valence-corrected chi connectivity index (χ3v) is 3.15. The number of phenolic OH excluding ortho intramolecular Hbond substituents is 1. The van der Waals surface area contributed by atoms with Crippen molar-refractivity contribution in [3.63, 3.8) is 0 Å². The monoisotopic (exact) mass is 270 g/mol. The molecule has 0 spiro atoms. The molecule has 0 bridgehead atoms. The van der Waals surface area contributed by atoms with Gasteiger partial charge in [0.2, 0.25) is 5.91 Å². The van der Waals surface area contributed by atoms with Crippen LogP contribution in [0.1, 0.15) is 18.2 Å². The Morgan fingerprint density at radius 3 is 2.60 bits per heavy atom. The molecule has 0 aliphatic heterocycles. The van der Waals surface area contributed by atoms with Gasteiger partial charge in [-0.2, -0.15) is 0 Å². The van der Waals surface area contributed by atoms with Gasteiger partial charge in [-0.05, 0) is 25.1 Å². The molecule has 2 rings (SSSR count). The Bertz CT molecular complexity index is 570. The summed E-state index contributed by atoms with van der Waals surface area (Å²) in [5, 5.41) is 9.72. The lowest BCUT2D eigenvalue weighted by Crippen LogP contribution is -2.31. The Balaban J connectivity index is 2.04. The van der Waals surface area contributed by atoms with Gasteiger partial charge in [0.1, 0.15) is 5.75 Å². The molecule has 2 aromatic rings. The first-order chi connectivity index (χ1) is 9.70. The second kappa shape index (κ2) is 6.70. The lowest BCUT2D eigenvalue weighted by Gasteiger charge is -2.20. The number of carbonyl (C=O) groups is 1. The van der Waals surface area contributed by atoms with E-state index in [2.05, 4.69) is 4.98 Å². The number of hydrogen-bond donors (Lipinski definition) is 1. The molecule has 1 heterocycles. The molecule has 0 unspecified atom stereocenters. The normalized spacial score (nSPS) is 10.2. The highest BCUT2D eigenvalue weighted by molar-refractivity contribution is 5.79. The number of amides is 1. The summed E-state index contributed by atoms with van der Waals surface area (Å²) >= 11 is 0. The van der Waals surface area contributed by atoms with Crippen molar-refractivity contribution in [1.29, 1.82) is 0 Å². The van der Waals surface area contributed by atoms with Crippen molar-refractivity contribution < 1.29 is 9.90 Å². The lowest BCUT2D eigenvalue weighted by atomic mass is 10.1. The number of carbonyl (C=O) groups excluding carboxylic acids is 1. The fraction of sp³-hybridized carbons (Fsp3) is 0.250. The molecule has 1 aromatic heterocycles. The standard InChI is InChI=1S/C16H18N2O2/c1-2-18(12-14-8-5-6-10-17-14)16(20)11-13-7-3-4-9-15(13)19/h3-10,19H,2,11-12H2,1H3. The van der Waals surface area contributed by atoms with E-state index in [1.54, 1.807) is 29.3 Å². The number of rotatable bonds is 5. The molecule has 0 saturated carbocycles. The fourth-order valence-electron chi connectivity index (χ4n) is 2.00. The van der Waals surface area contributed by atoms with Crippen molar-refractivity contribution in [1.82, 2.24) is 9.88 Å². The van der Waals surface area contributed by atoms with Crippen molar-refractivity contribution in [3.8, 4) is 5.75 Å². The smallest absolute Gasteiger partial charge is 0.227 e. The highest BCUT2D eigenvalue weighted by Crippen LogP contribution is 2.17. The van der Waals surface area contributed by atoms with E-state index in [0.717, 1.165) is 5.69 Å². The van der Waals surface area contributed by atoms with Gasteiger partial charge in [0.05, 0.1) is 18.7 Å². The molecule has 0 aliphatic carbocycles. The minimum Gasteiger partial charge on any atom is -0.508 e. The predicted molar refractivity (Wildman–Crippen MR) is 77.1 cm³/mol. The van der Waals surface area contributed by atoms with Gasteiger partial charge in [0, 0.05) is 18.3 Å². The van der Waals surface area contributed by atoms with Crippen molar-refractivity contribution in [2.75, 3.05) is 6.54 Å². The topological polar surface area (TPSA) is 53.4 Å². The van der Waals surface area contributed by atoms with Crippen LogP contribution in [0.25, 0.3) is 0 Å². The molecule has 1 N–H and O–H groups in total. The Morgan fingerprint density at radius 2 is 1.95 bits per heavy atom. The number of hydrogen-bond acceptors (Lipinski definition) is 3. The van der Waals surface area contributed by atoms with Crippen LogP contribution in [0, 0.1) is 0 Å². The van der Waals surface area contributed by atoms with Gasteiger partial charge in [0.25, 0.3) is 0 Å². The van der Waals surface area contributed by atoms with Gasteiger partial charge in [-0.3, -0.25) is 9.78 Å². The molecule has 20 heavy (non-hydrogen) atoms. The van der Waals surface area contributed by atoms with Crippen LogP contribution < -0.4 is 0 Å². The average Bonchev–Trinajstić information content (AvgIpc) is 2.48. The zero-order valence-corrected chi connectivity index (χ0v) is 11.5. The van der Waals surface area contributed by atoms with Gasteiger partial charge in [-0.1, -0.05) is 24.3 Å². The van der Waals surface area contributed by atoms with Crippen molar-refractivity contribution >= 4 is 5.91 Å². The Labute approximate surface area is 118 Å². The van der Waals surface area contributed by atoms with Crippen LogP contribution in [0.2, 0.25) is 0 Å². The van der Waals surface area contributed by atoms with Crippen molar-refractivity contribution in [2.45, 2.75) is 19.9 Å². The second-order valence-corrected chi connectivity index (χ2v) is 4.53. The van der Waals surface area contributed by atoms with Crippen LogP contribution in [0.3, 0.4) is 0 Å². The van der Waals surface area contributed by atoms with E-state index in [4.69, 9.17) is 0 Å². The number of aromatic nitrogens is 1. The summed E-state index contributed by atoms with van der Waals surface area (Å²) in [5.41, 5.74) is 1.51. The largest absolute Gasteiger partial charge is 0.508 e. The van der Waals surface area contributed by atoms with Crippen molar-refractivity contribution in [3.05, 3.63) is 59.9 Å². The molecule has 1 amide bonds. The molecule has 0 atom stereocenters. The minimum absolute atomic E-state index is 0.0142. The van der Waals surface area contributed by atoms with Gasteiger partial charge < -0.3 is 10.0 Å². The Morgan fingerprint density at radius 1 is 1.20 bits per heavy atom. The first-order valence-electron chi connectivity index (χ1n) is 6.65. The highest BCUT2D eigenvalue weighted by Gasteiger charge is 2.14. The summed E-state index contributed by atoms with van der Waals surface area (Å²) in [6, 6.07) is 12.6. The molecule has 0 aliphatic rings. The maximum atomic E-state index is 12.3. The minimum atomic E-state index is -0.0142. The van der Waals surface area contributed by atoms with E-state index in [9.17, 15) is 9.90 Å². The van der Waals surface area contributed by atoms with Crippen LogP contribution in [-0.4, -0.2) is 27.4 Å². The third kappa shape index (κ3) is 3.57. The van der Waals surface area contributed by atoms with E-state index >= 15 is 0 Å². The Hall–Kier alpha value is -2.36. The third-order valence-electron chi connectivity index (χ3n) is 3.15. The van der Waals surface area contributed by atoms with Crippen LogP contribution in [-0.2, 0) is 17.8 Å². The van der Waals surface area contributed by atoms with Gasteiger partial charge in [-0.15, -0.1) is 0 Å². The zero-order valence-electron chi connectivity index (χ0n) is 11.5. The van der Waals surface area contributed by atoms with Gasteiger partial charge in [0.15, 0.2) is 0 Å². The van der Waals surface area contributed by atoms with E-state index in [1.165, 1.54) is 0 Å². The highest BCUT2D eigenvalue weighted by atomic mass is 16.3. The number of benzene rings is 1. The molecule has 1 aromatic carbocycles. The van der Waals surface area contributed by atoms with Gasteiger partial charge in [-0.25, -0.2) is 0 Å². The molecule has 4 heteroatoms. The zero-order chi connectivity index (χ0) is 14.4. The van der Waals surface area contributed by atoms with E-state index in [1.807, 2.05) is 31.2 Å². The number of para-hydroxylation sites is 1. The molecular formula is C16H18N2O2. The van der Waals surface area contributed by atoms with Crippen LogP contribution >= 0.6 is 0 Å². The second-order valence-electron chi connectivity index (χ2n) is 4.53. The summed E-state index contributed by atoms with van der Waals surface area (Å²) in [4.78, 5) is 18.2. The summed E-state index contributed by atoms with van der Waals surface area (Å²) in [7, 11) is 0. The van der Waals surface area contributed by atoms with E-state index < -0.39 is 0 Å². The fourth-order valence-corrected chi connectivity index (χ4v) is 2.00. The van der Waals surface area contributed by atoms with Crippen LogP contribution in [0.4, 0.5) is 0 Å². The maximum absolute atomic E-state index is 12.3. The summed E-state index contributed by atoms with van der Waals surface area (Å²) in [6.07, 6.45) is 1.92. The number of phenols is 1. The molecule has 0 radical (unpaired) electrons.